The molecular formula is C22H40N2O9. The third-order valence-corrected chi connectivity index (χ3v) is 6.22. The molecule has 11 nitrogen and oxygen atoms in total. The van der Waals surface area contributed by atoms with Gasteiger partial charge in [-0.1, -0.05) is 19.1 Å². The Labute approximate surface area is 194 Å². The number of ether oxygens (including phenoxy) is 3. The molecular weight excluding hydrogens is 436 g/mol. The van der Waals surface area contributed by atoms with Crippen molar-refractivity contribution in [2.75, 3.05) is 7.05 Å². The molecule has 0 aromatic rings. The number of carbonyl (C=O) groups is 1. The SMILES string of the molecule is C/C=C/[C@@H](C[C@@H]1O[C@](O)(C[C@H](C)O)C[C@H](O)[C@H]1NC(=O)NC)OC1OC(C)C(O)C(C)C1O. The van der Waals surface area contributed by atoms with E-state index in [0.717, 1.165) is 0 Å². The van der Waals surface area contributed by atoms with Gasteiger partial charge in [-0.2, -0.15) is 0 Å². The topological polar surface area (TPSA) is 170 Å². The van der Waals surface area contributed by atoms with Crippen LogP contribution in [0.15, 0.2) is 12.2 Å². The minimum Gasteiger partial charge on any atom is -0.393 e. The van der Waals surface area contributed by atoms with Crippen LogP contribution in [0.5, 0.6) is 0 Å². The van der Waals surface area contributed by atoms with Gasteiger partial charge in [0.2, 0.25) is 0 Å². The summed E-state index contributed by atoms with van der Waals surface area (Å²) in [7, 11) is 1.44. The Hall–Kier alpha value is -1.31. The van der Waals surface area contributed by atoms with Gasteiger partial charge >= 0.3 is 6.03 Å². The van der Waals surface area contributed by atoms with Crippen LogP contribution in [-0.2, 0) is 14.2 Å². The fourth-order valence-corrected chi connectivity index (χ4v) is 4.46. The average molecular weight is 477 g/mol. The molecule has 11 atom stereocenters. The minimum absolute atomic E-state index is 0.0933. The van der Waals surface area contributed by atoms with Crippen molar-refractivity contribution in [3.63, 3.8) is 0 Å². The maximum Gasteiger partial charge on any atom is 0.314 e. The second-order valence-corrected chi connectivity index (χ2v) is 9.16. The van der Waals surface area contributed by atoms with Crippen molar-refractivity contribution >= 4 is 6.03 Å². The number of aliphatic hydroxyl groups is 5. The van der Waals surface area contributed by atoms with Crippen molar-refractivity contribution in [3.8, 4) is 0 Å². The molecule has 0 bridgehead atoms. The van der Waals surface area contributed by atoms with E-state index in [0.29, 0.717) is 0 Å². The van der Waals surface area contributed by atoms with Gasteiger partial charge in [-0.3, -0.25) is 0 Å². The van der Waals surface area contributed by atoms with Crippen LogP contribution >= 0.6 is 0 Å². The Kier molecular flexibility index (Phi) is 10.1. The first-order valence-electron chi connectivity index (χ1n) is 11.4. The maximum absolute atomic E-state index is 12.0. The zero-order chi connectivity index (χ0) is 24.9. The molecule has 2 amide bonds. The summed E-state index contributed by atoms with van der Waals surface area (Å²) < 4.78 is 17.6. The van der Waals surface area contributed by atoms with Crippen molar-refractivity contribution in [3.05, 3.63) is 12.2 Å². The Morgan fingerprint density at radius 2 is 1.94 bits per heavy atom. The molecule has 33 heavy (non-hydrogen) atoms. The first-order chi connectivity index (χ1) is 15.4. The predicted octanol–water partition coefficient (Wildman–Crippen LogP) is -0.653. The maximum atomic E-state index is 12.0. The first-order valence-corrected chi connectivity index (χ1v) is 11.4. The highest BCUT2D eigenvalue weighted by Crippen LogP contribution is 2.34. The van der Waals surface area contributed by atoms with Crippen molar-refractivity contribution in [2.24, 2.45) is 5.92 Å². The highest BCUT2D eigenvalue weighted by atomic mass is 16.7. The van der Waals surface area contributed by atoms with E-state index in [1.807, 2.05) is 0 Å². The predicted molar refractivity (Wildman–Crippen MR) is 118 cm³/mol. The lowest BCUT2D eigenvalue weighted by Crippen LogP contribution is -2.63. The standard InChI is InChI=1S/C22H40N2O9/c1-6-7-14(32-20-19(28)12(3)18(27)13(4)31-20)8-16-17(24-21(29)23-5)15(26)10-22(30,33-16)9-11(2)25/h6-7,11-20,25-28,30H,8-10H2,1-5H3,(H2,23,24,29)/b7-6+/t11-,12?,13?,14-,15-,16-,17+,18?,19?,20?,22+/m0/s1. The summed E-state index contributed by atoms with van der Waals surface area (Å²) in [6.45, 7) is 6.68. The molecule has 2 fully saturated rings. The van der Waals surface area contributed by atoms with E-state index < -0.39 is 72.8 Å². The molecule has 2 heterocycles. The summed E-state index contributed by atoms with van der Waals surface area (Å²) in [4.78, 5) is 12.0. The zero-order valence-electron chi connectivity index (χ0n) is 19.9. The summed E-state index contributed by atoms with van der Waals surface area (Å²) in [5.41, 5.74) is 0. The molecule has 192 valence electrons. The fourth-order valence-electron chi connectivity index (χ4n) is 4.46. The van der Waals surface area contributed by atoms with Gasteiger partial charge in [-0.25, -0.2) is 4.79 Å². The molecule has 0 radical (unpaired) electrons. The Morgan fingerprint density at radius 3 is 2.52 bits per heavy atom. The number of rotatable bonds is 8. The largest absolute Gasteiger partial charge is 0.393 e. The Balaban J connectivity index is 2.23. The highest BCUT2D eigenvalue weighted by Gasteiger charge is 2.48. The van der Waals surface area contributed by atoms with E-state index in [2.05, 4.69) is 10.6 Å². The van der Waals surface area contributed by atoms with Gasteiger partial charge in [0.15, 0.2) is 12.1 Å². The number of amides is 2. The molecule has 2 rings (SSSR count). The van der Waals surface area contributed by atoms with Crippen molar-refractivity contribution in [2.45, 2.75) is 108 Å². The summed E-state index contributed by atoms with van der Waals surface area (Å²) in [6.07, 6.45) is -3.86. The van der Waals surface area contributed by atoms with Crippen LogP contribution in [0.3, 0.4) is 0 Å². The van der Waals surface area contributed by atoms with Crippen LogP contribution in [0, 0.1) is 5.92 Å². The van der Waals surface area contributed by atoms with E-state index in [-0.39, 0.29) is 19.3 Å². The van der Waals surface area contributed by atoms with Crippen LogP contribution in [0.25, 0.3) is 0 Å². The molecule has 0 aromatic carbocycles. The lowest BCUT2D eigenvalue weighted by atomic mass is 9.88. The van der Waals surface area contributed by atoms with Gasteiger partial charge in [-0.15, -0.1) is 0 Å². The molecule has 0 aliphatic carbocycles. The Morgan fingerprint density at radius 1 is 1.27 bits per heavy atom. The molecule has 0 aromatic heterocycles. The molecule has 11 heteroatoms. The fraction of sp³-hybridized carbons (Fsp3) is 0.864. The molecule has 0 saturated carbocycles. The number of urea groups is 1. The third-order valence-electron chi connectivity index (χ3n) is 6.22. The van der Waals surface area contributed by atoms with Gasteiger partial charge in [-0.05, 0) is 20.8 Å². The van der Waals surface area contributed by atoms with Crippen LogP contribution in [0.2, 0.25) is 0 Å². The van der Waals surface area contributed by atoms with Gasteiger partial charge in [0.1, 0.15) is 6.10 Å². The minimum atomic E-state index is -1.80. The molecule has 2 saturated heterocycles. The molecule has 7 N–H and O–H groups in total. The Bertz CT molecular complexity index is 664. The van der Waals surface area contributed by atoms with Gasteiger partial charge in [0.25, 0.3) is 0 Å². The average Bonchev–Trinajstić information content (AvgIpc) is 2.72. The number of allylic oxidation sites excluding steroid dienone is 1. The number of nitrogens with one attached hydrogen (secondary N) is 2. The smallest absolute Gasteiger partial charge is 0.314 e. The van der Waals surface area contributed by atoms with Crippen LogP contribution < -0.4 is 10.6 Å². The lowest BCUT2D eigenvalue weighted by molar-refractivity contribution is -0.305. The van der Waals surface area contributed by atoms with E-state index in [9.17, 15) is 30.3 Å². The molecule has 2 aliphatic rings. The van der Waals surface area contributed by atoms with E-state index in [4.69, 9.17) is 14.2 Å². The lowest BCUT2D eigenvalue weighted by Gasteiger charge is -2.46. The first kappa shape index (κ1) is 27.9. The van der Waals surface area contributed by atoms with Crippen molar-refractivity contribution < 1.29 is 44.5 Å². The van der Waals surface area contributed by atoms with Crippen LogP contribution in [0.4, 0.5) is 4.79 Å². The zero-order valence-corrected chi connectivity index (χ0v) is 19.9. The molecule has 2 aliphatic heterocycles. The third kappa shape index (κ3) is 7.33. The normalized spacial score (nSPS) is 41.5. The monoisotopic (exact) mass is 476 g/mol. The van der Waals surface area contributed by atoms with Gasteiger partial charge < -0.3 is 50.4 Å². The number of aliphatic hydroxyl groups excluding tert-OH is 4. The summed E-state index contributed by atoms with van der Waals surface area (Å²) in [5, 5.41) is 57.1. The van der Waals surface area contributed by atoms with Crippen molar-refractivity contribution in [1.82, 2.24) is 10.6 Å². The van der Waals surface area contributed by atoms with E-state index in [1.165, 1.54) is 14.0 Å². The second-order valence-electron chi connectivity index (χ2n) is 9.16. The van der Waals surface area contributed by atoms with E-state index in [1.54, 1.807) is 32.9 Å². The summed E-state index contributed by atoms with van der Waals surface area (Å²) in [6, 6.07) is -1.40. The van der Waals surface area contributed by atoms with E-state index >= 15 is 0 Å². The van der Waals surface area contributed by atoms with Crippen LogP contribution in [0.1, 0.15) is 47.0 Å². The molecule has 0 spiro atoms. The number of carbonyl (C=O) groups excluding carboxylic acids is 1. The van der Waals surface area contributed by atoms with Gasteiger partial charge in [0, 0.05) is 32.2 Å². The summed E-state index contributed by atoms with van der Waals surface area (Å²) in [5.74, 6) is -2.27. The van der Waals surface area contributed by atoms with Crippen molar-refractivity contribution in [1.29, 1.82) is 0 Å². The van der Waals surface area contributed by atoms with Gasteiger partial charge in [0.05, 0.1) is 42.7 Å². The molecule has 5 unspecified atom stereocenters. The number of hydrogen-bond acceptors (Lipinski definition) is 9. The van der Waals surface area contributed by atoms with Crippen LogP contribution in [-0.4, -0.2) is 99.5 Å². The summed E-state index contributed by atoms with van der Waals surface area (Å²) >= 11 is 0. The second kappa shape index (κ2) is 11.9. The highest BCUT2D eigenvalue weighted by molar-refractivity contribution is 5.74. The number of hydrogen-bond donors (Lipinski definition) is 7. The quantitative estimate of drug-likeness (QED) is 0.225.